The highest BCUT2D eigenvalue weighted by atomic mass is 15.3. The maximum atomic E-state index is 5.53. The number of hydrogen-bond acceptors (Lipinski definition) is 2. The van der Waals surface area contributed by atoms with Crippen molar-refractivity contribution in [1.29, 1.82) is 0 Å². The largest absolute Gasteiger partial charge is 0.330 e. The molecule has 1 aromatic heterocycles. The number of benzene rings is 1. The van der Waals surface area contributed by atoms with Crippen LogP contribution in [0.1, 0.15) is 17.7 Å². The van der Waals surface area contributed by atoms with Crippen molar-refractivity contribution in [3.63, 3.8) is 0 Å². The van der Waals surface area contributed by atoms with Crippen molar-refractivity contribution in [2.75, 3.05) is 6.54 Å². The van der Waals surface area contributed by atoms with E-state index in [4.69, 9.17) is 5.73 Å². The Morgan fingerprint density at radius 3 is 2.93 bits per heavy atom. The molecule has 0 aliphatic heterocycles. The number of fused-ring (bicyclic) bond motifs is 1. The zero-order valence-corrected chi connectivity index (χ0v) is 9.33. The molecule has 0 bridgehead atoms. The summed E-state index contributed by atoms with van der Waals surface area (Å²) in [5.41, 5.74) is 9.22. The SMILES string of the molecule is Cc1cccc2c1c(CCCN)nn2C. The van der Waals surface area contributed by atoms with Gasteiger partial charge in [0.15, 0.2) is 0 Å². The van der Waals surface area contributed by atoms with Gasteiger partial charge in [-0.3, -0.25) is 4.68 Å². The molecule has 15 heavy (non-hydrogen) atoms. The van der Waals surface area contributed by atoms with E-state index >= 15 is 0 Å². The van der Waals surface area contributed by atoms with Crippen molar-refractivity contribution in [3.05, 3.63) is 29.5 Å². The van der Waals surface area contributed by atoms with Gasteiger partial charge in [0.1, 0.15) is 0 Å². The van der Waals surface area contributed by atoms with E-state index in [0.29, 0.717) is 0 Å². The maximum absolute atomic E-state index is 5.53. The Hall–Kier alpha value is -1.35. The maximum Gasteiger partial charge on any atom is 0.0706 e. The van der Waals surface area contributed by atoms with Crippen molar-refractivity contribution in [2.45, 2.75) is 19.8 Å². The minimum atomic E-state index is 0.726. The van der Waals surface area contributed by atoms with Crippen LogP contribution in [0.4, 0.5) is 0 Å². The first kappa shape index (κ1) is 10.2. The van der Waals surface area contributed by atoms with E-state index in [-0.39, 0.29) is 0 Å². The molecule has 0 aliphatic carbocycles. The van der Waals surface area contributed by atoms with Gasteiger partial charge in [0.2, 0.25) is 0 Å². The third-order valence-corrected chi connectivity index (χ3v) is 2.78. The Kier molecular flexibility index (Phi) is 2.73. The second-order valence-electron chi connectivity index (χ2n) is 3.93. The van der Waals surface area contributed by atoms with Crippen molar-refractivity contribution >= 4 is 10.9 Å². The first-order valence-electron chi connectivity index (χ1n) is 5.35. The van der Waals surface area contributed by atoms with Crippen molar-refractivity contribution in [1.82, 2.24) is 9.78 Å². The highest BCUT2D eigenvalue weighted by molar-refractivity contribution is 5.85. The molecule has 0 atom stereocenters. The number of hydrogen-bond donors (Lipinski definition) is 1. The number of nitrogens with zero attached hydrogens (tertiary/aromatic N) is 2. The number of aromatic nitrogens is 2. The van der Waals surface area contributed by atoms with Crippen molar-refractivity contribution < 1.29 is 0 Å². The average Bonchev–Trinajstić information content (AvgIpc) is 2.55. The van der Waals surface area contributed by atoms with Crippen LogP contribution in [0.3, 0.4) is 0 Å². The predicted octanol–water partition coefficient (Wildman–Crippen LogP) is 1.77. The van der Waals surface area contributed by atoms with E-state index in [2.05, 4.69) is 30.2 Å². The predicted molar refractivity (Wildman–Crippen MR) is 62.8 cm³/mol. The van der Waals surface area contributed by atoms with E-state index in [9.17, 15) is 0 Å². The van der Waals surface area contributed by atoms with Crippen LogP contribution in [-0.4, -0.2) is 16.3 Å². The summed E-state index contributed by atoms with van der Waals surface area (Å²) in [6.07, 6.45) is 1.97. The lowest BCUT2D eigenvalue weighted by atomic mass is 10.1. The second-order valence-corrected chi connectivity index (χ2v) is 3.93. The Morgan fingerprint density at radius 1 is 1.40 bits per heavy atom. The van der Waals surface area contributed by atoms with Gasteiger partial charge >= 0.3 is 0 Å². The van der Waals surface area contributed by atoms with Crippen LogP contribution in [0.5, 0.6) is 0 Å². The van der Waals surface area contributed by atoms with Crippen LogP contribution >= 0.6 is 0 Å². The quantitative estimate of drug-likeness (QED) is 0.826. The molecule has 3 nitrogen and oxygen atoms in total. The van der Waals surface area contributed by atoms with Crippen molar-refractivity contribution in [2.24, 2.45) is 12.8 Å². The third-order valence-electron chi connectivity index (χ3n) is 2.78. The van der Waals surface area contributed by atoms with E-state index in [0.717, 1.165) is 19.4 Å². The standard InChI is InChI=1S/C12H17N3/c1-9-5-3-7-11-12(9)10(6-4-8-13)14-15(11)2/h3,5,7H,4,6,8,13H2,1-2H3. The normalized spacial score (nSPS) is 11.1. The van der Waals surface area contributed by atoms with Gasteiger partial charge in [0.05, 0.1) is 11.2 Å². The van der Waals surface area contributed by atoms with Gasteiger partial charge in [-0.15, -0.1) is 0 Å². The van der Waals surface area contributed by atoms with Gasteiger partial charge < -0.3 is 5.73 Å². The molecule has 2 aromatic rings. The Bertz CT molecular complexity index is 471. The van der Waals surface area contributed by atoms with Crippen LogP contribution in [0.15, 0.2) is 18.2 Å². The van der Waals surface area contributed by atoms with Crippen LogP contribution in [0.25, 0.3) is 10.9 Å². The Balaban J connectivity index is 2.54. The van der Waals surface area contributed by atoms with Crippen LogP contribution in [-0.2, 0) is 13.5 Å². The van der Waals surface area contributed by atoms with Gasteiger partial charge in [0, 0.05) is 12.4 Å². The molecule has 80 valence electrons. The zero-order chi connectivity index (χ0) is 10.8. The molecule has 1 aromatic carbocycles. The summed E-state index contributed by atoms with van der Waals surface area (Å²) in [4.78, 5) is 0. The molecule has 1 heterocycles. The smallest absolute Gasteiger partial charge is 0.0706 e. The van der Waals surface area contributed by atoms with Gasteiger partial charge in [-0.05, 0) is 37.9 Å². The lowest BCUT2D eigenvalue weighted by molar-refractivity contribution is 0.739. The fourth-order valence-electron chi connectivity index (χ4n) is 2.03. The van der Waals surface area contributed by atoms with E-state index in [1.165, 1.54) is 22.2 Å². The summed E-state index contributed by atoms with van der Waals surface area (Å²) in [6, 6.07) is 6.32. The molecule has 3 heteroatoms. The summed E-state index contributed by atoms with van der Waals surface area (Å²) >= 11 is 0. The Morgan fingerprint density at radius 2 is 2.20 bits per heavy atom. The lowest BCUT2D eigenvalue weighted by Gasteiger charge is -1.98. The van der Waals surface area contributed by atoms with E-state index in [1.54, 1.807) is 0 Å². The number of aryl methyl sites for hydroxylation is 3. The molecule has 0 amide bonds. The van der Waals surface area contributed by atoms with E-state index in [1.807, 2.05) is 11.7 Å². The van der Waals surface area contributed by atoms with Gasteiger partial charge in [-0.1, -0.05) is 12.1 Å². The molecule has 0 radical (unpaired) electrons. The van der Waals surface area contributed by atoms with Crippen LogP contribution in [0, 0.1) is 6.92 Å². The minimum Gasteiger partial charge on any atom is -0.330 e. The fourth-order valence-corrected chi connectivity index (χ4v) is 2.03. The van der Waals surface area contributed by atoms with Crippen LogP contribution < -0.4 is 5.73 Å². The summed E-state index contributed by atoms with van der Waals surface area (Å²) < 4.78 is 1.95. The molecule has 0 unspecified atom stereocenters. The van der Waals surface area contributed by atoms with Crippen molar-refractivity contribution in [3.8, 4) is 0 Å². The van der Waals surface area contributed by atoms with Gasteiger partial charge in [0.25, 0.3) is 0 Å². The topological polar surface area (TPSA) is 43.8 Å². The lowest BCUT2D eigenvalue weighted by Crippen LogP contribution is -2.01. The summed E-state index contributed by atoms with van der Waals surface area (Å²) in [7, 11) is 1.99. The minimum absolute atomic E-state index is 0.726. The third kappa shape index (κ3) is 1.75. The molecule has 0 fully saturated rings. The summed E-state index contributed by atoms with van der Waals surface area (Å²) in [6.45, 7) is 2.86. The average molecular weight is 203 g/mol. The molecule has 0 spiro atoms. The molecule has 0 aliphatic rings. The Labute approximate surface area is 89.9 Å². The fraction of sp³-hybridized carbons (Fsp3) is 0.417. The monoisotopic (exact) mass is 203 g/mol. The van der Waals surface area contributed by atoms with E-state index < -0.39 is 0 Å². The van der Waals surface area contributed by atoms with Crippen LogP contribution in [0.2, 0.25) is 0 Å². The van der Waals surface area contributed by atoms with Gasteiger partial charge in [-0.25, -0.2) is 0 Å². The zero-order valence-electron chi connectivity index (χ0n) is 9.33. The molecule has 0 saturated heterocycles. The van der Waals surface area contributed by atoms with Gasteiger partial charge in [-0.2, -0.15) is 5.10 Å². The number of rotatable bonds is 3. The summed E-state index contributed by atoms with van der Waals surface area (Å²) in [5, 5.41) is 5.85. The molecule has 2 rings (SSSR count). The highest BCUT2D eigenvalue weighted by Gasteiger charge is 2.09. The highest BCUT2D eigenvalue weighted by Crippen LogP contribution is 2.22. The second kappa shape index (κ2) is 4.03. The summed E-state index contributed by atoms with van der Waals surface area (Å²) in [5.74, 6) is 0. The first-order chi connectivity index (χ1) is 7.24. The molecule has 0 saturated carbocycles. The molecular weight excluding hydrogens is 186 g/mol. The molecule has 2 N–H and O–H groups in total. The first-order valence-corrected chi connectivity index (χ1v) is 5.35. The number of nitrogens with two attached hydrogens (primary N) is 1. The molecular formula is C12H17N3.